The molecule has 1 aromatic heterocycles. The van der Waals surface area contributed by atoms with E-state index in [9.17, 15) is 4.79 Å². The maximum atomic E-state index is 12.2. The molecule has 110 valence electrons. The summed E-state index contributed by atoms with van der Waals surface area (Å²) in [4.78, 5) is 18.2. The smallest absolute Gasteiger partial charge is 0.253 e. The normalized spacial score (nSPS) is 13.7. The lowest BCUT2D eigenvalue weighted by Crippen LogP contribution is -2.27. The number of rotatable bonds is 3. The van der Waals surface area contributed by atoms with Gasteiger partial charge < -0.3 is 9.64 Å². The minimum absolute atomic E-state index is 0.0636. The number of hydrogen-bond acceptors (Lipinski definition) is 4. The molecule has 1 aromatic carbocycles. The number of ether oxygens (including phenoxy) is 1. The molecule has 2 aromatic rings. The van der Waals surface area contributed by atoms with Gasteiger partial charge in [0.25, 0.3) is 5.91 Å². The molecule has 1 amide bonds. The van der Waals surface area contributed by atoms with E-state index in [1.165, 1.54) is 0 Å². The van der Waals surface area contributed by atoms with Crippen LogP contribution in [0.15, 0.2) is 42.5 Å². The van der Waals surface area contributed by atoms with Crippen LogP contribution in [0.1, 0.15) is 28.9 Å². The summed E-state index contributed by atoms with van der Waals surface area (Å²) in [6, 6.07) is 14.0. The van der Waals surface area contributed by atoms with Crippen molar-refractivity contribution in [2.24, 2.45) is 0 Å². The van der Waals surface area contributed by atoms with Crippen LogP contribution in [-0.2, 0) is 0 Å². The summed E-state index contributed by atoms with van der Waals surface area (Å²) in [5.41, 5.74) is 0.964. The largest absolute Gasteiger partial charge is 0.439 e. The molecule has 22 heavy (non-hydrogen) atoms. The summed E-state index contributed by atoms with van der Waals surface area (Å²) in [6.45, 7) is 1.67. The predicted octanol–water partition coefficient (Wildman–Crippen LogP) is 2.98. The maximum absolute atomic E-state index is 12.2. The summed E-state index contributed by atoms with van der Waals surface area (Å²) < 4.78 is 5.59. The fraction of sp³-hybridized carbons (Fsp3) is 0.235. The van der Waals surface area contributed by atoms with Gasteiger partial charge in [0, 0.05) is 24.7 Å². The van der Waals surface area contributed by atoms with Gasteiger partial charge in [0.1, 0.15) is 17.5 Å². The van der Waals surface area contributed by atoms with Gasteiger partial charge in [-0.15, -0.1) is 0 Å². The highest BCUT2D eigenvalue weighted by Crippen LogP contribution is 2.21. The van der Waals surface area contributed by atoms with E-state index in [1.807, 2.05) is 11.0 Å². The maximum Gasteiger partial charge on any atom is 0.253 e. The SMILES string of the molecule is N#Cc1cccc(Oc2ccc(C(=O)N3CCCC3)cc2)n1. The van der Waals surface area contributed by atoms with Gasteiger partial charge in [0.15, 0.2) is 0 Å². The molecule has 0 aliphatic carbocycles. The van der Waals surface area contributed by atoms with E-state index in [1.54, 1.807) is 42.5 Å². The number of nitrogens with zero attached hydrogens (tertiary/aromatic N) is 3. The third-order valence-corrected chi connectivity index (χ3v) is 3.56. The molecule has 1 aliphatic rings. The molecular weight excluding hydrogens is 278 g/mol. The molecule has 0 spiro atoms. The van der Waals surface area contributed by atoms with E-state index < -0.39 is 0 Å². The average Bonchev–Trinajstić information content (AvgIpc) is 3.09. The third-order valence-electron chi connectivity index (χ3n) is 3.56. The number of carbonyl (C=O) groups is 1. The van der Waals surface area contributed by atoms with Crippen LogP contribution < -0.4 is 4.74 Å². The monoisotopic (exact) mass is 293 g/mol. The van der Waals surface area contributed by atoms with Crippen molar-refractivity contribution in [3.8, 4) is 17.7 Å². The third kappa shape index (κ3) is 3.07. The van der Waals surface area contributed by atoms with Crippen LogP contribution in [0.25, 0.3) is 0 Å². The van der Waals surface area contributed by atoms with Gasteiger partial charge in [0.2, 0.25) is 5.88 Å². The molecule has 0 radical (unpaired) electrons. The summed E-state index contributed by atoms with van der Waals surface area (Å²) in [5, 5.41) is 8.82. The molecule has 1 saturated heterocycles. The van der Waals surface area contributed by atoms with Gasteiger partial charge in [0.05, 0.1) is 0 Å². The van der Waals surface area contributed by atoms with Gasteiger partial charge in [-0.05, 0) is 43.2 Å². The van der Waals surface area contributed by atoms with E-state index >= 15 is 0 Å². The molecule has 0 bridgehead atoms. The Morgan fingerprint density at radius 2 is 1.86 bits per heavy atom. The van der Waals surface area contributed by atoms with Crippen LogP contribution in [0, 0.1) is 11.3 Å². The highest BCUT2D eigenvalue weighted by atomic mass is 16.5. The quantitative estimate of drug-likeness (QED) is 0.872. The summed E-state index contributed by atoms with van der Waals surface area (Å²) in [7, 11) is 0. The van der Waals surface area contributed by atoms with E-state index in [2.05, 4.69) is 4.98 Å². The Morgan fingerprint density at radius 3 is 2.55 bits per heavy atom. The molecule has 0 unspecified atom stereocenters. The Bertz CT molecular complexity index is 713. The fourth-order valence-corrected chi connectivity index (χ4v) is 2.42. The Labute approximate surface area is 128 Å². The lowest BCUT2D eigenvalue weighted by Gasteiger charge is -2.15. The standard InChI is InChI=1S/C17H15N3O2/c18-12-14-4-3-5-16(19-14)22-15-8-6-13(7-9-15)17(21)20-10-1-2-11-20/h3-9H,1-2,10-11H2. The van der Waals surface area contributed by atoms with Crippen LogP contribution in [0.2, 0.25) is 0 Å². The zero-order valence-electron chi connectivity index (χ0n) is 12.0. The second-order valence-corrected chi connectivity index (χ2v) is 5.10. The van der Waals surface area contributed by atoms with Crippen LogP contribution >= 0.6 is 0 Å². The number of likely N-dealkylation sites (tertiary alicyclic amines) is 1. The van der Waals surface area contributed by atoms with Crippen molar-refractivity contribution < 1.29 is 9.53 Å². The van der Waals surface area contributed by atoms with Crippen molar-refractivity contribution >= 4 is 5.91 Å². The molecule has 0 N–H and O–H groups in total. The van der Waals surface area contributed by atoms with Crippen molar-refractivity contribution in [3.63, 3.8) is 0 Å². The first-order valence-corrected chi connectivity index (χ1v) is 7.20. The number of pyridine rings is 1. The second-order valence-electron chi connectivity index (χ2n) is 5.10. The molecular formula is C17H15N3O2. The summed E-state index contributed by atoms with van der Waals surface area (Å²) >= 11 is 0. The molecule has 3 rings (SSSR count). The van der Waals surface area contributed by atoms with Crippen molar-refractivity contribution in [1.82, 2.24) is 9.88 Å². The van der Waals surface area contributed by atoms with E-state index in [-0.39, 0.29) is 5.91 Å². The zero-order valence-corrected chi connectivity index (χ0v) is 12.0. The topological polar surface area (TPSA) is 66.2 Å². The highest BCUT2D eigenvalue weighted by molar-refractivity contribution is 5.94. The lowest BCUT2D eigenvalue weighted by atomic mass is 10.2. The van der Waals surface area contributed by atoms with Gasteiger partial charge in [-0.3, -0.25) is 4.79 Å². The molecule has 5 nitrogen and oxygen atoms in total. The van der Waals surface area contributed by atoms with Crippen molar-refractivity contribution in [2.45, 2.75) is 12.8 Å². The number of amides is 1. The average molecular weight is 293 g/mol. The van der Waals surface area contributed by atoms with E-state index in [4.69, 9.17) is 10.00 Å². The van der Waals surface area contributed by atoms with Gasteiger partial charge in [-0.1, -0.05) is 6.07 Å². The Kier molecular flexibility index (Phi) is 4.01. The molecule has 1 fully saturated rings. The van der Waals surface area contributed by atoms with Crippen LogP contribution in [0.5, 0.6) is 11.6 Å². The first-order valence-electron chi connectivity index (χ1n) is 7.20. The number of benzene rings is 1. The number of aromatic nitrogens is 1. The van der Waals surface area contributed by atoms with Crippen molar-refractivity contribution in [1.29, 1.82) is 5.26 Å². The number of nitriles is 1. The second kappa shape index (κ2) is 6.27. The first kappa shape index (κ1) is 14.1. The van der Waals surface area contributed by atoms with Crippen molar-refractivity contribution in [3.05, 3.63) is 53.7 Å². The predicted molar refractivity (Wildman–Crippen MR) is 80.6 cm³/mol. The zero-order chi connectivity index (χ0) is 15.4. The van der Waals surface area contributed by atoms with Gasteiger partial charge in [-0.2, -0.15) is 5.26 Å². The lowest BCUT2D eigenvalue weighted by molar-refractivity contribution is 0.0793. The van der Waals surface area contributed by atoms with Crippen LogP contribution in [0.3, 0.4) is 0 Å². The number of carbonyl (C=O) groups excluding carboxylic acids is 1. The Morgan fingerprint density at radius 1 is 1.14 bits per heavy atom. The molecule has 0 saturated carbocycles. The summed E-state index contributed by atoms with van der Waals surface area (Å²) in [6.07, 6.45) is 2.15. The van der Waals surface area contributed by atoms with Gasteiger partial charge >= 0.3 is 0 Å². The molecule has 1 aliphatic heterocycles. The van der Waals surface area contributed by atoms with Crippen molar-refractivity contribution in [2.75, 3.05) is 13.1 Å². The van der Waals surface area contributed by atoms with Crippen LogP contribution in [0.4, 0.5) is 0 Å². The Hall–Kier alpha value is -2.87. The molecule has 0 atom stereocenters. The minimum Gasteiger partial charge on any atom is -0.439 e. The number of hydrogen-bond donors (Lipinski definition) is 0. The summed E-state index contributed by atoms with van der Waals surface area (Å²) in [5.74, 6) is 1.01. The van der Waals surface area contributed by atoms with E-state index in [0.29, 0.717) is 22.9 Å². The van der Waals surface area contributed by atoms with E-state index in [0.717, 1.165) is 25.9 Å². The fourth-order valence-electron chi connectivity index (χ4n) is 2.42. The Balaban J connectivity index is 1.71. The van der Waals surface area contributed by atoms with Crippen LogP contribution in [-0.4, -0.2) is 28.9 Å². The van der Waals surface area contributed by atoms with Gasteiger partial charge in [-0.25, -0.2) is 4.98 Å². The first-order chi connectivity index (χ1) is 10.8. The molecule has 2 heterocycles. The highest BCUT2D eigenvalue weighted by Gasteiger charge is 2.19. The minimum atomic E-state index is 0.0636. The molecule has 5 heteroatoms.